The minimum atomic E-state index is 0.182. The van der Waals surface area contributed by atoms with Crippen molar-refractivity contribution in [3.05, 3.63) is 29.3 Å². The lowest BCUT2D eigenvalue weighted by Crippen LogP contribution is -2.18. The van der Waals surface area contributed by atoms with Crippen LogP contribution in [0.3, 0.4) is 0 Å². The van der Waals surface area contributed by atoms with Crippen LogP contribution in [-0.2, 0) is 5.41 Å². The summed E-state index contributed by atoms with van der Waals surface area (Å²) in [6.07, 6.45) is 3.43. The highest BCUT2D eigenvalue weighted by molar-refractivity contribution is 5.41. The van der Waals surface area contributed by atoms with Crippen LogP contribution in [0, 0.1) is 0 Å². The SMILES string of the molecule is CCC(C)(C)c1ccc(O)c([C@H]2CCCN2)c1. The van der Waals surface area contributed by atoms with Crippen molar-refractivity contribution in [1.29, 1.82) is 0 Å². The molecule has 0 amide bonds. The molecule has 2 nitrogen and oxygen atoms in total. The van der Waals surface area contributed by atoms with E-state index in [9.17, 15) is 5.11 Å². The highest BCUT2D eigenvalue weighted by Crippen LogP contribution is 2.35. The Morgan fingerprint density at radius 1 is 1.41 bits per heavy atom. The van der Waals surface area contributed by atoms with E-state index in [2.05, 4.69) is 38.2 Å². The van der Waals surface area contributed by atoms with Gasteiger partial charge in [0.15, 0.2) is 0 Å². The lowest BCUT2D eigenvalue weighted by atomic mass is 9.81. The molecule has 0 spiro atoms. The maximum Gasteiger partial charge on any atom is 0.120 e. The van der Waals surface area contributed by atoms with Crippen LogP contribution in [0.2, 0.25) is 0 Å². The molecular formula is C15H23NO. The molecule has 1 aromatic rings. The highest BCUT2D eigenvalue weighted by atomic mass is 16.3. The van der Waals surface area contributed by atoms with Crippen LogP contribution >= 0.6 is 0 Å². The van der Waals surface area contributed by atoms with Gasteiger partial charge in [-0.25, -0.2) is 0 Å². The van der Waals surface area contributed by atoms with Gasteiger partial charge in [0.1, 0.15) is 5.75 Å². The van der Waals surface area contributed by atoms with E-state index in [0.717, 1.165) is 24.9 Å². The van der Waals surface area contributed by atoms with Crippen molar-refractivity contribution < 1.29 is 5.11 Å². The van der Waals surface area contributed by atoms with Gasteiger partial charge in [-0.15, -0.1) is 0 Å². The number of hydrogen-bond donors (Lipinski definition) is 2. The van der Waals surface area contributed by atoms with Gasteiger partial charge in [0.25, 0.3) is 0 Å². The molecule has 2 N–H and O–H groups in total. The largest absolute Gasteiger partial charge is 0.508 e. The van der Waals surface area contributed by atoms with Crippen molar-refractivity contribution >= 4 is 0 Å². The monoisotopic (exact) mass is 233 g/mol. The van der Waals surface area contributed by atoms with Crippen LogP contribution in [-0.4, -0.2) is 11.7 Å². The van der Waals surface area contributed by atoms with Crippen LogP contribution in [0.5, 0.6) is 5.75 Å². The van der Waals surface area contributed by atoms with Gasteiger partial charge >= 0.3 is 0 Å². The van der Waals surface area contributed by atoms with Gasteiger partial charge in [0.05, 0.1) is 0 Å². The summed E-state index contributed by atoms with van der Waals surface area (Å²) in [6, 6.07) is 6.42. The fourth-order valence-corrected chi connectivity index (χ4v) is 2.41. The molecule has 94 valence electrons. The Hall–Kier alpha value is -1.02. The van der Waals surface area contributed by atoms with E-state index in [4.69, 9.17) is 0 Å². The number of nitrogens with one attached hydrogen (secondary N) is 1. The van der Waals surface area contributed by atoms with E-state index in [1.165, 1.54) is 12.0 Å². The first-order valence-corrected chi connectivity index (χ1v) is 6.61. The second kappa shape index (κ2) is 4.69. The van der Waals surface area contributed by atoms with E-state index < -0.39 is 0 Å². The summed E-state index contributed by atoms with van der Waals surface area (Å²) < 4.78 is 0. The Balaban J connectivity index is 2.35. The van der Waals surface area contributed by atoms with Crippen molar-refractivity contribution in [2.75, 3.05) is 6.54 Å². The second-order valence-corrected chi connectivity index (χ2v) is 5.66. The number of phenols is 1. The van der Waals surface area contributed by atoms with Gasteiger partial charge in [-0.05, 0) is 48.9 Å². The zero-order valence-electron chi connectivity index (χ0n) is 11.1. The van der Waals surface area contributed by atoms with Gasteiger partial charge in [0, 0.05) is 11.6 Å². The van der Waals surface area contributed by atoms with Crippen molar-refractivity contribution in [3.63, 3.8) is 0 Å². The van der Waals surface area contributed by atoms with Gasteiger partial charge in [-0.2, -0.15) is 0 Å². The minimum Gasteiger partial charge on any atom is -0.508 e. The van der Waals surface area contributed by atoms with Crippen molar-refractivity contribution in [2.45, 2.75) is 51.5 Å². The van der Waals surface area contributed by atoms with E-state index in [1.54, 1.807) is 0 Å². The van der Waals surface area contributed by atoms with Crippen molar-refractivity contribution in [1.82, 2.24) is 5.32 Å². The molecule has 17 heavy (non-hydrogen) atoms. The van der Waals surface area contributed by atoms with Gasteiger partial charge in [-0.1, -0.05) is 26.8 Å². The first-order chi connectivity index (χ1) is 8.04. The molecular weight excluding hydrogens is 210 g/mol. The first kappa shape index (κ1) is 12.4. The lowest BCUT2D eigenvalue weighted by molar-refractivity contribution is 0.452. The maximum absolute atomic E-state index is 9.99. The molecule has 0 unspecified atom stereocenters. The van der Waals surface area contributed by atoms with Crippen molar-refractivity contribution in [3.8, 4) is 5.75 Å². The molecule has 0 aliphatic carbocycles. The molecule has 1 aromatic carbocycles. The standard InChI is InChI=1S/C15H23NO/c1-4-15(2,3)11-7-8-14(17)12(10-11)13-6-5-9-16-13/h7-8,10,13,16-17H,4-6,9H2,1-3H3/t13-/m1/s1. The molecule has 1 saturated heterocycles. The fraction of sp³-hybridized carbons (Fsp3) is 0.600. The number of phenolic OH excluding ortho intramolecular Hbond substituents is 1. The summed E-state index contributed by atoms with van der Waals surface area (Å²) in [6.45, 7) is 7.78. The smallest absolute Gasteiger partial charge is 0.120 e. The molecule has 0 saturated carbocycles. The molecule has 1 fully saturated rings. The summed E-state index contributed by atoms with van der Waals surface area (Å²) >= 11 is 0. The van der Waals surface area contributed by atoms with E-state index in [1.807, 2.05) is 6.07 Å². The third-order valence-electron chi connectivity index (χ3n) is 4.13. The molecule has 0 aromatic heterocycles. The molecule has 2 rings (SSSR count). The Labute approximate surface area is 104 Å². The average Bonchev–Trinajstić information content (AvgIpc) is 2.83. The third-order valence-corrected chi connectivity index (χ3v) is 4.13. The second-order valence-electron chi connectivity index (χ2n) is 5.66. The Morgan fingerprint density at radius 3 is 2.76 bits per heavy atom. The molecule has 2 heteroatoms. The number of benzene rings is 1. The first-order valence-electron chi connectivity index (χ1n) is 6.61. The minimum absolute atomic E-state index is 0.182. The summed E-state index contributed by atoms with van der Waals surface area (Å²) in [5, 5.41) is 13.4. The van der Waals surface area contributed by atoms with Gasteiger partial charge in [-0.3, -0.25) is 0 Å². The van der Waals surface area contributed by atoms with Gasteiger partial charge < -0.3 is 10.4 Å². The Bertz CT molecular complexity index is 392. The fourth-order valence-electron chi connectivity index (χ4n) is 2.41. The predicted octanol–water partition coefficient (Wildman–Crippen LogP) is 3.50. The molecule has 0 bridgehead atoms. The molecule has 1 aliphatic heterocycles. The van der Waals surface area contributed by atoms with E-state index in [-0.39, 0.29) is 5.41 Å². The van der Waals surface area contributed by atoms with Crippen LogP contribution in [0.4, 0.5) is 0 Å². The molecule has 1 atom stereocenters. The van der Waals surface area contributed by atoms with Crippen LogP contribution in [0.25, 0.3) is 0 Å². The van der Waals surface area contributed by atoms with Gasteiger partial charge in [0.2, 0.25) is 0 Å². The quantitative estimate of drug-likeness (QED) is 0.837. The highest BCUT2D eigenvalue weighted by Gasteiger charge is 2.23. The zero-order valence-corrected chi connectivity index (χ0v) is 11.1. The van der Waals surface area contributed by atoms with E-state index >= 15 is 0 Å². The summed E-state index contributed by atoms with van der Waals surface area (Å²) in [5.41, 5.74) is 2.57. The van der Waals surface area contributed by atoms with Crippen molar-refractivity contribution in [2.24, 2.45) is 0 Å². The summed E-state index contributed by atoms with van der Waals surface area (Å²) in [4.78, 5) is 0. The summed E-state index contributed by atoms with van der Waals surface area (Å²) in [7, 11) is 0. The number of aromatic hydroxyl groups is 1. The van der Waals surface area contributed by atoms with E-state index in [0.29, 0.717) is 11.8 Å². The topological polar surface area (TPSA) is 32.3 Å². The molecule has 0 radical (unpaired) electrons. The lowest BCUT2D eigenvalue weighted by Gasteiger charge is -2.25. The summed E-state index contributed by atoms with van der Waals surface area (Å²) in [5.74, 6) is 0.431. The molecule has 1 aliphatic rings. The maximum atomic E-state index is 9.99. The normalized spacial score (nSPS) is 20.8. The van der Waals surface area contributed by atoms with Crippen LogP contribution in [0.15, 0.2) is 18.2 Å². The number of rotatable bonds is 3. The van der Waals surface area contributed by atoms with Crippen LogP contribution < -0.4 is 5.32 Å². The predicted molar refractivity (Wildman–Crippen MR) is 71.4 cm³/mol. The molecule has 1 heterocycles. The number of hydrogen-bond acceptors (Lipinski definition) is 2. The third kappa shape index (κ3) is 2.47. The van der Waals surface area contributed by atoms with Crippen LogP contribution in [0.1, 0.15) is 57.2 Å². The Kier molecular flexibility index (Phi) is 3.43. The average molecular weight is 233 g/mol. The Morgan fingerprint density at radius 2 is 2.18 bits per heavy atom. The zero-order chi connectivity index (χ0) is 12.5.